The maximum absolute atomic E-state index is 10.8. The summed E-state index contributed by atoms with van der Waals surface area (Å²) in [6.07, 6.45) is 1.61. The fraction of sp³-hybridized carbons (Fsp3) is 0.154. The molecule has 1 N–H and O–H groups in total. The first-order valence-corrected chi connectivity index (χ1v) is 6.96. The number of halogens is 2. The second-order valence-electron chi connectivity index (χ2n) is 4.21. The number of nitro groups is 1. The van der Waals surface area contributed by atoms with Crippen LogP contribution in [0.5, 0.6) is 0 Å². The summed E-state index contributed by atoms with van der Waals surface area (Å²) in [5, 5.41) is 14.4. The van der Waals surface area contributed by atoms with Crippen LogP contribution in [0.25, 0.3) is 0 Å². The van der Waals surface area contributed by atoms with Crippen LogP contribution in [0.15, 0.2) is 41.0 Å². The zero-order valence-electron chi connectivity index (χ0n) is 10.5. The SMILES string of the molecule is CC(Nc1cnc(Cl)c(Br)c1)c1cccc([N+](=O)[O-])c1. The smallest absolute Gasteiger partial charge is 0.269 e. The van der Waals surface area contributed by atoms with Crippen LogP contribution < -0.4 is 5.32 Å². The van der Waals surface area contributed by atoms with E-state index in [9.17, 15) is 10.1 Å². The fourth-order valence-corrected chi connectivity index (χ4v) is 2.19. The number of pyridine rings is 1. The number of aromatic nitrogens is 1. The number of non-ortho nitro benzene ring substituents is 1. The number of nitrogens with one attached hydrogen (secondary N) is 1. The lowest BCUT2D eigenvalue weighted by Gasteiger charge is -2.15. The van der Waals surface area contributed by atoms with Crippen molar-refractivity contribution in [3.8, 4) is 0 Å². The van der Waals surface area contributed by atoms with E-state index in [4.69, 9.17) is 11.6 Å². The molecular weight excluding hydrogens is 346 g/mol. The molecule has 1 unspecified atom stereocenters. The lowest BCUT2D eigenvalue weighted by Crippen LogP contribution is -2.07. The van der Waals surface area contributed by atoms with E-state index in [-0.39, 0.29) is 11.7 Å². The third-order valence-electron chi connectivity index (χ3n) is 2.76. The van der Waals surface area contributed by atoms with Gasteiger partial charge in [-0.3, -0.25) is 10.1 Å². The van der Waals surface area contributed by atoms with Crippen LogP contribution in [-0.2, 0) is 0 Å². The first-order valence-electron chi connectivity index (χ1n) is 5.79. The fourth-order valence-electron chi connectivity index (χ4n) is 1.74. The van der Waals surface area contributed by atoms with Gasteiger partial charge in [0.15, 0.2) is 0 Å². The van der Waals surface area contributed by atoms with E-state index < -0.39 is 4.92 Å². The van der Waals surface area contributed by atoms with Crippen LogP contribution in [0.3, 0.4) is 0 Å². The molecule has 5 nitrogen and oxygen atoms in total. The molecule has 20 heavy (non-hydrogen) atoms. The third kappa shape index (κ3) is 3.46. The zero-order valence-corrected chi connectivity index (χ0v) is 12.9. The van der Waals surface area contributed by atoms with Gasteiger partial charge in [0.1, 0.15) is 5.15 Å². The highest BCUT2D eigenvalue weighted by Gasteiger charge is 2.11. The molecule has 2 aromatic rings. The summed E-state index contributed by atoms with van der Waals surface area (Å²) in [7, 11) is 0. The number of benzene rings is 1. The van der Waals surface area contributed by atoms with Crippen molar-refractivity contribution in [1.29, 1.82) is 0 Å². The van der Waals surface area contributed by atoms with Crippen LogP contribution in [0, 0.1) is 10.1 Å². The predicted octanol–water partition coefficient (Wildman–Crippen LogP) is 4.58. The lowest BCUT2D eigenvalue weighted by atomic mass is 10.1. The molecule has 0 radical (unpaired) electrons. The van der Waals surface area contributed by atoms with Gasteiger partial charge in [-0.25, -0.2) is 4.98 Å². The van der Waals surface area contributed by atoms with Gasteiger partial charge < -0.3 is 5.32 Å². The number of nitro benzene ring substituents is 1. The van der Waals surface area contributed by atoms with E-state index >= 15 is 0 Å². The maximum atomic E-state index is 10.8. The van der Waals surface area contributed by atoms with Gasteiger partial charge in [-0.1, -0.05) is 23.7 Å². The zero-order chi connectivity index (χ0) is 14.7. The number of rotatable bonds is 4. The Balaban J connectivity index is 2.19. The van der Waals surface area contributed by atoms with Gasteiger partial charge in [0.05, 0.1) is 21.3 Å². The number of hydrogen-bond acceptors (Lipinski definition) is 4. The Bertz CT molecular complexity index is 651. The minimum absolute atomic E-state index is 0.0755. The van der Waals surface area contributed by atoms with Crippen LogP contribution >= 0.6 is 27.5 Å². The van der Waals surface area contributed by atoms with Gasteiger partial charge in [-0.15, -0.1) is 0 Å². The van der Waals surface area contributed by atoms with E-state index in [1.807, 2.05) is 19.1 Å². The highest BCUT2D eigenvalue weighted by molar-refractivity contribution is 9.10. The Morgan fingerprint density at radius 3 is 2.85 bits per heavy atom. The number of anilines is 1. The molecule has 1 aromatic carbocycles. The highest BCUT2D eigenvalue weighted by Crippen LogP contribution is 2.26. The van der Waals surface area contributed by atoms with Crippen molar-refractivity contribution in [3.63, 3.8) is 0 Å². The van der Waals surface area contributed by atoms with Gasteiger partial charge in [-0.2, -0.15) is 0 Å². The van der Waals surface area contributed by atoms with E-state index in [2.05, 4.69) is 26.2 Å². The molecule has 7 heteroatoms. The average molecular weight is 357 g/mol. The second-order valence-corrected chi connectivity index (χ2v) is 5.43. The Morgan fingerprint density at radius 1 is 1.45 bits per heavy atom. The molecule has 0 saturated carbocycles. The standard InChI is InChI=1S/C13H11BrClN3O2/c1-8(9-3-2-4-11(5-9)18(19)20)17-10-6-12(14)13(15)16-7-10/h2-8,17H,1H3. The third-order valence-corrected chi connectivity index (χ3v) is 3.89. The summed E-state index contributed by atoms with van der Waals surface area (Å²) in [4.78, 5) is 14.4. The van der Waals surface area contributed by atoms with Crippen molar-refractivity contribution in [2.45, 2.75) is 13.0 Å². The number of hydrogen-bond donors (Lipinski definition) is 1. The highest BCUT2D eigenvalue weighted by atomic mass is 79.9. The molecular formula is C13H11BrClN3O2. The van der Waals surface area contributed by atoms with E-state index in [1.165, 1.54) is 6.07 Å². The molecule has 0 aliphatic rings. The van der Waals surface area contributed by atoms with Crippen LogP contribution in [0.4, 0.5) is 11.4 Å². The van der Waals surface area contributed by atoms with Gasteiger partial charge in [0.2, 0.25) is 0 Å². The molecule has 104 valence electrons. The molecule has 1 atom stereocenters. The first-order chi connectivity index (χ1) is 9.47. The monoisotopic (exact) mass is 355 g/mol. The number of nitrogens with zero attached hydrogens (tertiary/aromatic N) is 2. The summed E-state index contributed by atoms with van der Waals surface area (Å²) in [5.74, 6) is 0. The topological polar surface area (TPSA) is 68.1 Å². The molecule has 1 aromatic heterocycles. The minimum atomic E-state index is -0.406. The molecule has 2 rings (SSSR count). The van der Waals surface area contributed by atoms with Gasteiger partial charge in [-0.05, 0) is 34.5 Å². The molecule has 0 saturated heterocycles. The Morgan fingerprint density at radius 2 is 2.20 bits per heavy atom. The first kappa shape index (κ1) is 14.7. The lowest BCUT2D eigenvalue weighted by molar-refractivity contribution is -0.384. The normalized spacial score (nSPS) is 11.9. The van der Waals surface area contributed by atoms with Crippen LogP contribution in [0.1, 0.15) is 18.5 Å². The quantitative estimate of drug-likeness (QED) is 0.494. The summed E-state index contributed by atoms with van der Waals surface area (Å²) in [6.45, 7) is 1.92. The van der Waals surface area contributed by atoms with E-state index in [0.717, 1.165) is 11.3 Å². The maximum Gasteiger partial charge on any atom is 0.269 e. The summed E-state index contributed by atoms with van der Waals surface area (Å²) in [5.41, 5.74) is 1.68. The molecule has 1 heterocycles. The van der Waals surface area contributed by atoms with Crippen molar-refractivity contribution in [2.24, 2.45) is 0 Å². The summed E-state index contributed by atoms with van der Waals surface area (Å²) >= 11 is 9.13. The largest absolute Gasteiger partial charge is 0.377 e. The predicted molar refractivity (Wildman–Crippen MR) is 82.1 cm³/mol. The molecule has 0 fully saturated rings. The molecule has 0 amide bonds. The van der Waals surface area contributed by atoms with Crippen LogP contribution in [0.2, 0.25) is 5.15 Å². The van der Waals surface area contributed by atoms with Crippen molar-refractivity contribution in [1.82, 2.24) is 4.98 Å². The van der Waals surface area contributed by atoms with Gasteiger partial charge in [0.25, 0.3) is 5.69 Å². The Hall–Kier alpha value is -1.66. The van der Waals surface area contributed by atoms with Crippen molar-refractivity contribution in [2.75, 3.05) is 5.32 Å². The Labute approximate surface area is 129 Å². The van der Waals surface area contributed by atoms with Gasteiger partial charge in [0, 0.05) is 18.2 Å². The molecule has 0 bridgehead atoms. The summed E-state index contributed by atoms with van der Waals surface area (Å²) in [6, 6.07) is 8.24. The molecule has 0 aliphatic heterocycles. The Kier molecular flexibility index (Phi) is 4.57. The van der Waals surface area contributed by atoms with Crippen molar-refractivity contribution >= 4 is 38.9 Å². The average Bonchev–Trinajstić information content (AvgIpc) is 2.43. The van der Waals surface area contributed by atoms with Gasteiger partial charge >= 0.3 is 0 Å². The minimum Gasteiger partial charge on any atom is -0.377 e. The van der Waals surface area contributed by atoms with Crippen LogP contribution in [-0.4, -0.2) is 9.91 Å². The molecule has 0 spiro atoms. The second kappa shape index (κ2) is 6.19. The van der Waals surface area contributed by atoms with Crippen molar-refractivity contribution < 1.29 is 4.92 Å². The van der Waals surface area contributed by atoms with E-state index in [1.54, 1.807) is 18.3 Å². The summed E-state index contributed by atoms with van der Waals surface area (Å²) < 4.78 is 0.690. The van der Waals surface area contributed by atoms with E-state index in [0.29, 0.717) is 9.63 Å². The van der Waals surface area contributed by atoms with Crippen molar-refractivity contribution in [3.05, 3.63) is 61.8 Å². The molecule has 0 aliphatic carbocycles.